The number of fused-ring (bicyclic) bond motifs is 1. The number of carbonyl (C=O) groups excluding carboxylic acids is 1. The van der Waals surface area contributed by atoms with Gasteiger partial charge in [0.05, 0.1) is 5.56 Å². The Kier molecular flexibility index (Phi) is 5.34. The van der Waals surface area contributed by atoms with E-state index in [-0.39, 0.29) is 5.91 Å². The van der Waals surface area contributed by atoms with Gasteiger partial charge >= 0.3 is 0 Å². The molecule has 1 N–H and O–H groups in total. The van der Waals surface area contributed by atoms with Crippen LogP contribution in [0.2, 0.25) is 0 Å². The summed E-state index contributed by atoms with van der Waals surface area (Å²) >= 11 is 0. The molecule has 3 aromatic heterocycles. The van der Waals surface area contributed by atoms with Gasteiger partial charge in [-0.3, -0.25) is 14.2 Å². The second-order valence-corrected chi connectivity index (χ2v) is 7.65. The van der Waals surface area contributed by atoms with Crippen LogP contribution in [-0.4, -0.2) is 56.1 Å². The molecule has 146 valence electrons. The number of hydrogen-bond donors (Lipinski definition) is 1. The quantitative estimate of drug-likeness (QED) is 0.712. The van der Waals surface area contributed by atoms with Crippen molar-refractivity contribution in [3.63, 3.8) is 0 Å². The van der Waals surface area contributed by atoms with Crippen molar-refractivity contribution < 1.29 is 4.79 Å². The first-order valence-electron chi connectivity index (χ1n) is 9.87. The van der Waals surface area contributed by atoms with Crippen LogP contribution >= 0.6 is 0 Å². The molecule has 4 heterocycles. The van der Waals surface area contributed by atoms with Gasteiger partial charge < -0.3 is 10.2 Å². The van der Waals surface area contributed by atoms with Crippen molar-refractivity contribution in [3.05, 3.63) is 59.8 Å². The molecule has 0 radical (unpaired) electrons. The molecule has 0 aliphatic carbocycles. The van der Waals surface area contributed by atoms with Gasteiger partial charge in [-0.15, -0.1) is 10.2 Å². The second-order valence-electron chi connectivity index (χ2n) is 7.65. The van der Waals surface area contributed by atoms with Crippen LogP contribution in [0.5, 0.6) is 0 Å². The Labute approximate surface area is 164 Å². The Morgan fingerprint density at radius 1 is 1.29 bits per heavy atom. The molecule has 7 heteroatoms. The van der Waals surface area contributed by atoms with Crippen LogP contribution in [-0.2, 0) is 6.42 Å². The van der Waals surface area contributed by atoms with Crippen LogP contribution in [0, 0.1) is 0 Å². The highest BCUT2D eigenvalue weighted by Gasteiger charge is 2.29. The van der Waals surface area contributed by atoms with Crippen molar-refractivity contribution in [2.24, 2.45) is 0 Å². The van der Waals surface area contributed by atoms with Crippen molar-refractivity contribution in [3.8, 4) is 0 Å². The third-order valence-electron chi connectivity index (χ3n) is 5.43. The summed E-state index contributed by atoms with van der Waals surface area (Å²) < 4.78 is 1.98. The molecule has 0 saturated carbocycles. The summed E-state index contributed by atoms with van der Waals surface area (Å²) in [6.07, 6.45) is 7.26. The molecule has 1 aliphatic heterocycles. The summed E-state index contributed by atoms with van der Waals surface area (Å²) in [5, 5.41) is 11.7. The normalized spacial score (nSPS) is 17.5. The average molecular weight is 378 g/mol. The summed E-state index contributed by atoms with van der Waals surface area (Å²) in [6.45, 7) is 7.08. The lowest BCUT2D eigenvalue weighted by molar-refractivity contribution is 0.0953. The van der Waals surface area contributed by atoms with E-state index in [0.29, 0.717) is 24.1 Å². The molecule has 1 amide bonds. The van der Waals surface area contributed by atoms with Gasteiger partial charge in [-0.2, -0.15) is 0 Å². The Morgan fingerprint density at radius 2 is 2.18 bits per heavy atom. The topological polar surface area (TPSA) is 75.4 Å². The highest BCUT2D eigenvalue weighted by atomic mass is 16.1. The fourth-order valence-corrected chi connectivity index (χ4v) is 3.76. The molecule has 4 rings (SSSR count). The van der Waals surface area contributed by atoms with Crippen molar-refractivity contribution in [2.75, 3.05) is 19.6 Å². The van der Waals surface area contributed by atoms with Crippen molar-refractivity contribution in [1.82, 2.24) is 29.8 Å². The fourth-order valence-electron chi connectivity index (χ4n) is 3.76. The first-order chi connectivity index (χ1) is 13.6. The standard InChI is InChI=1S/C21H26N6O/c1-15(2)26-11-8-17(13-26)20-25-24-19-6-5-18(14-27(19)20)21(28)23-10-7-16-4-3-9-22-12-16/h3-6,9,12,14-15,17H,7-8,10-11,13H2,1-2H3,(H,23,28)/t17-/m0/s1. The molecule has 0 spiro atoms. The molecule has 3 aromatic rings. The van der Waals surface area contributed by atoms with E-state index in [1.54, 1.807) is 6.20 Å². The molecule has 0 unspecified atom stereocenters. The summed E-state index contributed by atoms with van der Waals surface area (Å²) in [7, 11) is 0. The molecule has 1 saturated heterocycles. The van der Waals surface area contributed by atoms with E-state index in [2.05, 4.69) is 39.2 Å². The van der Waals surface area contributed by atoms with Crippen molar-refractivity contribution in [2.45, 2.75) is 38.6 Å². The van der Waals surface area contributed by atoms with Crippen LogP contribution in [0.3, 0.4) is 0 Å². The highest BCUT2D eigenvalue weighted by molar-refractivity contribution is 5.94. The Bertz CT molecular complexity index is 952. The maximum atomic E-state index is 12.6. The first kappa shape index (κ1) is 18.6. The van der Waals surface area contributed by atoms with E-state index < -0.39 is 0 Å². The molecule has 1 atom stereocenters. The third-order valence-corrected chi connectivity index (χ3v) is 5.43. The SMILES string of the molecule is CC(C)N1CC[C@H](c2nnc3ccc(C(=O)NCCc4cccnc4)cn23)C1. The number of carbonyl (C=O) groups is 1. The molecule has 0 bridgehead atoms. The highest BCUT2D eigenvalue weighted by Crippen LogP contribution is 2.27. The largest absolute Gasteiger partial charge is 0.352 e. The predicted octanol–water partition coefficient (Wildman–Crippen LogP) is 2.29. The number of aromatic nitrogens is 4. The number of hydrogen-bond acceptors (Lipinski definition) is 5. The van der Waals surface area contributed by atoms with Gasteiger partial charge in [0.25, 0.3) is 5.91 Å². The molecule has 28 heavy (non-hydrogen) atoms. The first-order valence-corrected chi connectivity index (χ1v) is 9.87. The van der Waals surface area contributed by atoms with Gasteiger partial charge in [-0.1, -0.05) is 6.07 Å². The van der Waals surface area contributed by atoms with Gasteiger partial charge in [0, 0.05) is 43.6 Å². The van der Waals surface area contributed by atoms with Crippen LogP contribution < -0.4 is 5.32 Å². The summed E-state index contributed by atoms with van der Waals surface area (Å²) in [5.74, 6) is 1.21. The Hall–Kier alpha value is -2.80. The molecule has 1 aliphatic rings. The lowest BCUT2D eigenvalue weighted by atomic mass is 10.1. The maximum absolute atomic E-state index is 12.6. The number of rotatable bonds is 6. The predicted molar refractivity (Wildman–Crippen MR) is 107 cm³/mol. The Balaban J connectivity index is 1.45. The van der Waals surface area contributed by atoms with E-state index in [1.807, 2.05) is 41.1 Å². The molecule has 0 aromatic carbocycles. The van der Waals surface area contributed by atoms with Gasteiger partial charge in [-0.05, 0) is 57.0 Å². The van der Waals surface area contributed by atoms with Gasteiger partial charge in [-0.25, -0.2) is 0 Å². The number of amides is 1. The van der Waals surface area contributed by atoms with Crippen LogP contribution in [0.15, 0.2) is 42.9 Å². The minimum Gasteiger partial charge on any atom is -0.352 e. The van der Waals surface area contributed by atoms with Crippen molar-refractivity contribution >= 4 is 11.6 Å². The van der Waals surface area contributed by atoms with Gasteiger partial charge in [0.1, 0.15) is 5.82 Å². The molecular weight excluding hydrogens is 352 g/mol. The van der Waals surface area contributed by atoms with Crippen molar-refractivity contribution in [1.29, 1.82) is 0 Å². The third kappa shape index (κ3) is 3.89. The lowest BCUT2D eigenvalue weighted by Crippen LogP contribution is -2.28. The Morgan fingerprint density at radius 3 is 2.93 bits per heavy atom. The van der Waals surface area contributed by atoms with Crippen LogP contribution in [0.4, 0.5) is 0 Å². The minimum atomic E-state index is -0.0827. The zero-order valence-corrected chi connectivity index (χ0v) is 16.4. The number of likely N-dealkylation sites (tertiary alicyclic amines) is 1. The minimum absolute atomic E-state index is 0.0827. The van der Waals surface area contributed by atoms with E-state index in [1.165, 1.54) is 0 Å². The van der Waals surface area contributed by atoms with Gasteiger partial charge in [0.2, 0.25) is 0 Å². The molecular formula is C21H26N6O. The number of nitrogens with one attached hydrogen (secondary N) is 1. The lowest BCUT2D eigenvalue weighted by Gasteiger charge is -2.19. The summed E-state index contributed by atoms with van der Waals surface area (Å²) in [4.78, 5) is 19.1. The smallest absolute Gasteiger partial charge is 0.252 e. The monoisotopic (exact) mass is 378 g/mol. The summed E-state index contributed by atoms with van der Waals surface area (Å²) in [5.41, 5.74) is 2.51. The number of pyridine rings is 2. The van der Waals surface area contributed by atoms with E-state index >= 15 is 0 Å². The summed E-state index contributed by atoms with van der Waals surface area (Å²) in [6, 6.07) is 8.12. The van der Waals surface area contributed by atoms with E-state index in [0.717, 1.165) is 43.0 Å². The average Bonchev–Trinajstić information content (AvgIpc) is 3.35. The zero-order valence-electron chi connectivity index (χ0n) is 16.4. The second kappa shape index (κ2) is 8.06. The molecule has 7 nitrogen and oxygen atoms in total. The molecule has 1 fully saturated rings. The van der Waals surface area contributed by atoms with Crippen LogP contribution in [0.25, 0.3) is 5.65 Å². The zero-order chi connectivity index (χ0) is 19.5. The number of nitrogens with zero attached hydrogens (tertiary/aromatic N) is 5. The fraction of sp³-hybridized carbons (Fsp3) is 0.429. The van der Waals surface area contributed by atoms with Crippen LogP contribution in [0.1, 0.15) is 47.9 Å². The van der Waals surface area contributed by atoms with E-state index in [4.69, 9.17) is 0 Å². The van der Waals surface area contributed by atoms with E-state index in [9.17, 15) is 4.79 Å². The van der Waals surface area contributed by atoms with Gasteiger partial charge in [0.15, 0.2) is 5.65 Å². The maximum Gasteiger partial charge on any atom is 0.252 e.